The van der Waals surface area contributed by atoms with Crippen molar-refractivity contribution in [3.05, 3.63) is 71.1 Å². The normalized spacial score (nSPS) is 14.7. The molecule has 168 valence electrons. The first-order valence-corrected chi connectivity index (χ1v) is 9.34. The standard InChI is InChI=1S/C22H17F5N2O3/c1-4-8-32-14-7-6-12(10-15(14)31-5-2)9-13-11(3)28-29(22(13)30)21-19(26)17(24)16(23)18(25)20(21)27/h4,6-7,9-10H,1,5,8H2,2-3H3/b13-9+. The van der Waals surface area contributed by atoms with Crippen molar-refractivity contribution in [1.82, 2.24) is 0 Å². The van der Waals surface area contributed by atoms with Crippen LogP contribution in [0.1, 0.15) is 19.4 Å². The van der Waals surface area contributed by atoms with Crippen molar-refractivity contribution in [2.75, 3.05) is 18.2 Å². The third-order valence-electron chi connectivity index (χ3n) is 4.40. The van der Waals surface area contributed by atoms with Crippen molar-refractivity contribution in [3.8, 4) is 11.5 Å². The second-order valence-electron chi connectivity index (χ2n) is 6.52. The van der Waals surface area contributed by atoms with Gasteiger partial charge >= 0.3 is 0 Å². The predicted octanol–water partition coefficient (Wildman–Crippen LogP) is 5.15. The smallest absolute Gasteiger partial charge is 0.280 e. The molecule has 0 fully saturated rings. The molecule has 0 aromatic heterocycles. The molecule has 32 heavy (non-hydrogen) atoms. The minimum Gasteiger partial charge on any atom is -0.490 e. The van der Waals surface area contributed by atoms with E-state index in [4.69, 9.17) is 9.47 Å². The molecule has 10 heteroatoms. The van der Waals surface area contributed by atoms with Crippen LogP contribution in [0, 0.1) is 29.1 Å². The van der Waals surface area contributed by atoms with Crippen LogP contribution < -0.4 is 14.5 Å². The number of carbonyl (C=O) groups is 1. The van der Waals surface area contributed by atoms with Crippen molar-refractivity contribution >= 4 is 23.4 Å². The second-order valence-corrected chi connectivity index (χ2v) is 6.52. The first-order valence-electron chi connectivity index (χ1n) is 9.34. The van der Waals surface area contributed by atoms with Gasteiger partial charge in [-0.15, -0.1) is 0 Å². The first-order chi connectivity index (χ1) is 15.2. The zero-order valence-electron chi connectivity index (χ0n) is 17.0. The van der Waals surface area contributed by atoms with E-state index in [-0.39, 0.29) is 22.9 Å². The molecule has 1 aliphatic rings. The maximum atomic E-state index is 14.2. The van der Waals surface area contributed by atoms with Gasteiger partial charge in [0.15, 0.2) is 34.8 Å². The number of carbonyl (C=O) groups excluding carboxylic acids is 1. The number of amides is 1. The Labute approximate surface area is 180 Å². The average molecular weight is 452 g/mol. The first kappa shape index (κ1) is 23.0. The van der Waals surface area contributed by atoms with Gasteiger partial charge in [0.2, 0.25) is 5.82 Å². The third kappa shape index (κ3) is 4.08. The fourth-order valence-electron chi connectivity index (χ4n) is 2.93. The molecule has 1 aliphatic heterocycles. The van der Waals surface area contributed by atoms with E-state index < -0.39 is 40.7 Å². The SMILES string of the molecule is C=CCOc1ccc(/C=C2/C(=O)N(c3c(F)c(F)c(F)c(F)c3F)N=C2C)cc1OCC. The van der Waals surface area contributed by atoms with Gasteiger partial charge in [-0.25, -0.2) is 22.0 Å². The van der Waals surface area contributed by atoms with Gasteiger partial charge in [-0.2, -0.15) is 10.1 Å². The molecule has 0 N–H and O–H groups in total. The van der Waals surface area contributed by atoms with Gasteiger partial charge in [-0.3, -0.25) is 4.79 Å². The van der Waals surface area contributed by atoms with Gasteiger partial charge in [-0.05, 0) is 37.6 Å². The Bertz CT molecular complexity index is 1130. The Morgan fingerprint density at radius 2 is 1.62 bits per heavy atom. The minimum atomic E-state index is -2.32. The third-order valence-corrected chi connectivity index (χ3v) is 4.40. The lowest BCUT2D eigenvalue weighted by molar-refractivity contribution is -0.114. The molecule has 0 saturated carbocycles. The molecular formula is C22H17F5N2O3. The Kier molecular flexibility index (Phi) is 6.61. The summed E-state index contributed by atoms with van der Waals surface area (Å²) in [6, 6.07) is 4.75. The van der Waals surface area contributed by atoms with Crippen LogP contribution in [0.5, 0.6) is 11.5 Å². The maximum absolute atomic E-state index is 14.2. The highest BCUT2D eigenvalue weighted by molar-refractivity contribution is 6.32. The summed E-state index contributed by atoms with van der Waals surface area (Å²) < 4.78 is 79.8. The van der Waals surface area contributed by atoms with Crippen molar-refractivity contribution in [1.29, 1.82) is 0 Å². The second kappa shape index (κ2) is 9.21. The fraction of sp³-hybridized carbons (Fsp3) is 0.182. The lowest BCUT2D eigenvalue weighted by atomic mass is 10.1. The van der Waals surface area contributed by atoms with E-state index in [1.54, 1.807) is 31.2 Å². The van der Waals surface area contributed by atoms with E-state index >= 15 is 0 Å². The van der Waals surface area contributed by atoms with Crippen LogP contribution in [-0.4, -0.2) is 24.8 Å². The largest absolute Gasteiger partial charge is 0.490 e. The number of hydrogen-bond acceptors (Lipinski definition) is 4. The monoisotopic (exact) mass is 452 g/mol. The molecule has 1 amide bonds. The number of halogens is 5. The molecular weight excluding hydrogens is 435 g/mol. The molecule has 0 aliphatic carbocycles. The van der Waals surface area contributed by atoms with Gasteiger partial charge in [0.05, 0.1) is 17.9 Å². The van der Waals surface area contributed by atoms with E-state index in [1.165, 1.54) is 13.0 Å². The Balaban J connectivity index is 2.01. The molecule has 5 nitrogen and oxygen atoms in total. The van der Waals surface area contributed by atoms with Crippen LogP contribution in [0.25, 0.3) is 6.08 Å². The highest BCUT2D eigenvalue weighted by atomic mass is 19.2. The number of rotatable bonds is 7. The molecule has 0 unspecified atom stereocenters. The van der Waals surface area contributed by atoms with E-state index in [0.29, 0.717) is 23.7 Å². The molecule has 2 aromatic rings. The molecule has 3 rings (SSSR count). The summed E-state index contributed by atoms with van der Waals surface area (Å²) in [6.45, 7) is 7.26. The molecule has 2 aromatic carbocycles. The lowest BCUT2D eigenvalue weighted by Gasteiger charge is -2.15. The zero-order valence-corrected chi connectivity index (χ0v) is 17.0. The quantitative estimate of drug-likeness (QED) is 0.192. The minimum absolute atomic E-state index is 0.0175. The van der Waals surface area contributed by atoms with Gasteiger partial charge in [0.1, 0.15) is 12.3 Å². The summed E-state index contributed by atoms with van der Waals surface area (Å²) in [5.74, 6) is -11.2. The maximum Gasteiger partial charge on any atom is 0.280 e. The van der Waals surface area contributed by atoms with Crippen molar-refractivity contribution in [2.24, 2.45) is 5.10 Å². The van der Waals surface area contributed by atoms with Crippen molar-refractivity contribution in [2.45, 2.75) is 13.8 Å². The van der Waals surface area contributed by atoms with E-state index in [9.17, 15) is 26.7 Å². The van der Waals surface area contributed by atoms with Crippen LogP contribution in [-0.2, 0) is 4.79 Å². The summed E-state index contributed by atoms with van der Waals surface area (Å²) in [6.07, 6.45) is 2.91. The van der Waals surface area contributed by atoms with Crippen molar-refractivity contribution in [3.63, 3.8) is 0 Å². The summed E-state index contributed by atoms with van der Waals surface area (Å²) in [7, 11) is 0. The van der Waals surface area contributed by atoms with Gasteiger partial charge in [0.25, 0.3) is 5.91 Å². The zero-order chi connectivity index (χ0) is 23.6. The summed E-state index contributed by atoms with van der Waals surface area (Å²) >= 11 is 0. The molecule has 0 radical (unpaired) electrons. The van der Waals surface area contributed by atoms with Crippen LogP contribution in [0.3, 0.4) is 0 Å². The molecule has 0 spiro atoms. The highest BCUT2D eigenvalue weighted by Gasteiger charge is 2.37. The van der Waals surface area contributed by atoms with E-state index in [2.05, 4.69) is 11.7 Å². The Hall–Kier alpha value is -3.69. The number of nitrogens with zero attached hydrogens (tertiary/aromatic N) is 2. The number of hydrogen-bond donors (Lipinski definition) is 0. The van der Waals surface area contributed by atoms with E-state index in [1.807, 2.05) is 0 Å². The number of anilines is 1. The van der Waals surface area contributed by atoms with Crippen LogP contribution in [0.15, 0.2) is 41.5 Å². The van der Waals surface area contributed by atoms with Gasteiger partial charge in [-0.1, -0.05) is 18.7 Å². The predicted molar refractivity (Wildman–Crippen MR) is 108 cm³/mol. The van der Waals surface area contributed by atoms with Crippen molar-refractivity contribution < 1.29 is 36.2 Å². The van der Waals surface area contributed by atoms with E-state index in [0.717, 1.165) is 0 Å². The van der Waals surface area contributed by atoms with Crippen LogP contribution >= 0.6 is 0 Å². The summed E-state index contributed by atoms with van der Waals surface area (Å²) in [5, 5.41) is 3.85. The number of ether oxygens (including phenoxy) is 2. The fourth-order valence-corrected chi connectivity index (χ4v) is 2.93. The molecule has 0 atom stereocenters. The lowest BCUT2D eigenvalue weighted by Crippen LogP contribution is -2.25. The average Bonchev–Trinajstić information content (AvgIpc) is 3.04. The molecule has 0 saturated heterocycles. The number of benzene rings is 2. The Morgan fingerprint density at radius 1 is 1.00 bits per heavy atom. The highest BCUT2D eigenvalue weighted by Crippen LogP contribution is 2.35. The molecule has 0 bridgehead atoms. The molecule has 1 heterocycles. The number of hydrazone groups is 1. The van der Waals surface area contributed by atoms with Gasteiger partial charge in [0, 0.05) is 0 Å². The van der Waals surface area contributed by atoms with Crippen LogP contribution in [0.4, 0.5) is 27.6 Å². The topological polar surface area (TPSA) is 51.1 Å². The summed E-state index contributed by atoms with van der Waals surface area (Å²) in [4.78, 5) is 12.8. The Morgan fingerprint density at radius 3 is 2.22 bits per heavy atom. The summed E-state index contributed by atoms with van der Waals surface area (Å²) in [5.41, 5.74) is -1.08. The van der Waals surface area contributed by atoms with Crippen LogP contribution in [0.2, 0.25) is 0 Å². The van der Waals surface area contributed by atoms with Gasteiger partial charge < -0.3 is 9.47 Å².